The maximum atomic E-state index is 5.37. The Bertz CT molecular complexity index is 420. The minimum Gasteiger partial charge on any atom is -0.454 e. The number of benzene rings is 1. The third-order valence-electron chi connectivity index (χ3n) is 2.30. The highest BCUT2D eigenvalue weighted by atomic mass is 32.1. The molecule has 0 saturated carbocycles. The lowest BCUT2D eigenvalue weighted by molar-refractivity contribution is 0.174. The van der Waals surface area contributed by atoms with Crippen LogP contribution in [0.3, 0.4) is 0 Å². The number of hydrogen-bond acceptors (Lipinski definition) is 3. The van der Waals surface area contributed by atoms with Crippen LogP contribution in [0.4, 0.5) is 5.69 Å². The van der Waals surface area contributed by atoms with Gasteiger partial charge < -0.3 is 20.1 Å². The topological polar surface area (TPSA) is 42.5 Å². The van der Waals surface area contributed by atoms with Gasteiger partial charge in [-0.3, -0.25) is 0 Å². The Morgan fingerprint density at radius 3 is 3.14 bits per heavy atom. The Morgan fingerprint density at radius 2 is 2.21 bits per heavy atom. The second kappa shape index (κ2) is 2.75. The summed E-state index contributed by atoms with van der Waals surface area (Å²) in [6.45, 7) is 1.02. The van der Waals surface area contributed by atoms with Gasteiger partial charge >= 0.3 is 0 Å². The molecule has 0 fully saturated rings. The monoisotopic (exact) mass is 208 g/mol. The average molecular weight is 208 g/mol. The molecule has 5 heteroatoms. The molecule has 0 amide bonds. The molecular formula is C9H8N2O2S. The van der Waals surface area contributed by atoms with Crippen LogP contribution in [0, 0.1) is 0 Å². The van der Waals surface area contributed by atoms with E-state index < -0.39 is 0 Å². The molecule has 0 spiro atoms. The first kappa shape index (κ1) is 7.87. The van der Waals surface area contributed by atoms with E-state index in [-0.39, 0.29) is 6.79 Å². The van der Waals surface area contributed by atoms with E-state index in [2.05, 4.69) is 10.6 Å². The van der Waals surface area contributed by atoms with Crippen molar-refractivity contribution in [1.82, 2.24) is 5.32 Å². The van der Waals surface area contributed by atoms with E-state index in [1.165, 1.54) is 0 Å². The number of rotatable bonds is 0. The summed E-state index contributed by atoms with van der Waals surface area (Å²) in [5, 5.41) is 6.76. The van der Waals surface area contributed by atoms with E-state index in [1.807, 2.05) is 12.1 Å². The fourth-order valence-electron chi connectivity index (χ4n) is 1.63. The summed E-state index contributed by atoms with van der Waals surface area (Å²) >= 11 is 5.03. The van der Waals surface area contributed by atoms with Crippen molar-refractivity contribution in [1.29, 1.82) is 0 Å². The van der Waals surface area contributed by atoms with Crippen LogP contribution in [0.5, 0.6) is 11.5 Å². The maximum Gasteiger partial charge on any atom is 0.231 e. The summed E-state index contributed by atoms with van der Waals surface area (Å²) in [7, 11) is 0. The highest BCUT2D eigenvalue weighted by Gasteiger charge is 2.23. The Balaban J connectivity index is 2.16. The second-order valence-electron chi connectivity index (χ2n) is 3.14. The van der Waals surface area contributed by atoms with Crippen LogP contribution in [0.15, 0.2) is 12.1 Å². The number of nitrogens with one attached hydrogen (secondary N) is 2. The molecular weight excluding hydrogens is 200 g/mol. The first-order valence-corrected chi connectivity index (χ1v) is 4.72. The summed E-state index contributed by atoms with van der Waals surface area (Å²) in [6, 6.07) is 3.92. The lowest BCUT2D eigenvalue weighted by Crippen LogP contribution is -2.33. The Kier molecular flexibility index (Phi) is 1.55. The molecule has 0 aromatic heterocycles. The van der Waals surface area contributed by atoms with Crippen molar-refractivity contribution in [3.8, 4) is 11.5 Å². The molecule has 2 heterocycles. The number of ether oxygens (including phenoxy) is 2. The van der Waals surface area contributed by atoms with Crippen molar-refractivity contribution in [2.45, 2.75) is 6.54 Å². The summed E-state index contributed by atoms with van der Waals surface area (Å²) in [6.07, 6.45) is 0. The standard InChI is InChI=1S/C9H8N2O2S/c14-9-10-3-5-1-2-6-8(7(5)11-9)13-4-12-6/h1-2H,3-4H2,(H2,10,11,14). The third kappa shape index (κ3) is 1.02. The molecule has 14 heavy (non-hydrogen) atoms. The molecule has 0 aliphatic carbocycles. The van der Waals surface area contributed by atoms with Gasteiger partial charge in [0, 0.05) is 6.54 Å². The number of fused-ring (bicyclic) bond motifs is 3. The van der Waals surface area contributed by atoms with Gasteiger partial charge in [-0.15, -0.1) is 0 Å². The summed E-state index contributed by atoms with van der Waals surface area (Å²) in [4.78, 5) is 0. The van der Waals surface area contributed by atoms with Crippen LogP contribution >= 0.6 is 12.2 Å². The maximum absolute atomic E-state index is 5.37. The molecule has 2 N–H and O–H groups in total. The van der Waals surface area contributed by atoms with E-state index in [4.69, 9.17) is 21.7 Å². The van der Waals surface area contributed by atoms with Crippen molar-refractivity contribution in [3.63, 3.8) is 0 Å². The van der Waals surface area contributed by atoms with Crippen LogP contribution in [0.25, 0.3) is 0 Å². The fraction of sp³-hybridized carbons (Fsp3) is 0.222. The normalized spacial score (nSPS) is 17.0. The minimum atomic E-state index is 0.285. The zero-order valence-corrected chi connectivity index (χ0v) is 8.11. The first-order chi connectivity index (χ1) is 6.84. The van der Waals surface area contributed by atoms with Gasteiger partial charge in [-0.25, -0.2) is 0 Å². The molecule has 1 aromatic rings. The molecule has 0 bridgehead atoms. The van der Waals surface area contributed by atoms with E-state index in [1.54, 1.807) is 0 Å². The summed E-state index contributed by atoms with van der Waals surface area (Å²) in [5.74, 6) is 1.55. The zero-order chi connectivity index (χ0) is 9.54. The SMILES string of the molecule is S=C1NCc2ccc3c(c2N1)OCO3. The molecule has 3 rings (SSSR count). The van der Waals surface area contributed by atoms with Crippen molar-refractivity contribution >= 4 is 23.0 Å². The van der Waals surface area contributed by atoms with Crippen molar-refractivity contribution in [2.24, 2.45) is 0 Å². The van der Waals surface area contributed by atoms with Gasteiger partial charge in [-0.2, -0.15) is 0 Å². The molecule has 0 atom stereocenters. The largest absolute Gasteiger partial charge is 0.454 e. The molecule has 4 nitrogen and oxygen atoms in total. The van der Waals surface area contributed by atoms with E-state index in [0.29, 0.717) is 5.11 Å². The third-order valence-corrected chi connectivity index (χ3v) is 2.55. The summed E-state index contributed by atoms with van der Waals surface area (Å²) in [5.41, 5.74) is 2.08. The van der Waals surface area contributed by atoms with Crippen molar-refractivity contribution < 1.29 is 9.47 Å². The molecule has 0 saturated heterocycles. The second-order valence-corrected chi connectivity index (χ2v) is 3.55. The van der Waals surface area contributed by atoms with Crippen molar-refractivity contribution in [2.75, 3.05) is 12.1 Å². The van der Waals surface area contributed by atoms with Crippen LogP contribution in [-0.4, -0.2) is 11.9 Å². The first-order valence-electron chi connectivity index (χ1n) is 4.31. The fourth-order valence-corrected chi connectivity index (χ4v) is 1.80. The predicted molar refractivity (Wildman–Crippen MR) is 55.6 cm³/mol. The number of thiocarbonyl (C=S) groups is 1. The van der Waals surface area contributed by atoms with Gasteiger partial charge in [-0.1, -0.05) is 6.07 Å². The van der Waals surface area contributed by atoms with Gasteiger partial charge in [-0.05, 0) is 23.8 Å². The Morgan fingerprint density at radius 1 is 1.29 bits per heavy atom. The van der Waals surface area contributed by atoms with Crippen LogP contribution in [0.1, 0.15) is 5.56 Å². The van der Waals surface area contributed by atoms with Gasteiger partial charge in [0.15, 0.2) is 16.6 Å². The summed E-state index contributed by atoms with van der Waals surface area (Å²) < 4.78 is 10.6. The van der Waals surface area contributed by atoms with Gasteiger partial charge in [0.05, 0.1) is 5.69 Å². The molecule has 0 unspecified atom stereocenters. The average Bonchev–Trinajstić information content (AvgIpc) is 2.65. The van der Waals surface area contributed by atoms with Gasteiger partial charge in [0.25, 0.3) is 0 Å². The number of hydrogen-bond donors (Lipinski definition) is 2. The highest BCUT2D eigenvalue weighted by molar-refractivity contribution is 7.80. The Hall–Kier alpha value is -1.49. The van der Waals surface area contributed by atoms with Gasteiger partial charge in [0.2, 0.25) is 6.79 Å². The highest BCUT2D eigenvalue weighted by Crippen LogP contribution is 2.42. The van der Waals surface area contributed by atoms with E-state index in [9.17, 15) is 0 Å². The van der Waals surface area contributed by atoms with Crippen molar-refractivity contribution in [3.05, 3.63) is 17.7 Å². The smallest absolute Gasteiger partial charge is 0.231 e. The molecule has 72 valence electrons. The van der Waals surface area contributed by atoms with Crippen LogP contribution in [-0.2, 0) is 6.54 Å². The number of anilines is 1. The quantitative estimate of drug-likeness (QED) is 0.627. The minimum absolute atomic E-state index is 0.285. The lowest BCUT2D eigenvalue weighted by Gasteiger charge is -2.21. The molecule has 2 aliphatic rings. The zero-order valence-electron chi connectivity index (χ0n) is 7.29. The van der Waals surface area contributed by atoms with E-state index >= 15 is 0 Å². The molecule has 1 aromatic carbocycles. The van der Waals surface area contributed by atoms with Gasteiger partial charge in [0.1, 0.15) is 0 Å². The van der Waals surface area contributed by atoms with Crippen LogP contribution < -0.4 is 20.1 Å². The lowest BCUT2D eigenvalue weighted by atomic mass is 10.1. The van der Waals surface area contributed by atoms with Crippen LogP contribution in [0.2, 0.25) is 0 Å². The van der Waals surface area contributed by atoms with E-state index in [0.717, 1.165) is 29.3 Å². The Labute approximate surface area is 86.2 Å². The predicted octanol–water partition coefficient (Wildman–Crippen LogP) is 1.22. The molecule has 0 radical (unpaired) electrons. The molecule has 2 aliphatic heterocycles.